The normalized spacial score (nSPS) is 11.5. The van der Waals surface area contributed by atoms with Crippen LogP contribution in [0.25, 0.3) is 0 Å². The van der Waals surface area contributed by atoms with Crippen LogP contribution >= 0.6 is 0 Å². The van der Waals surface area contributed by atoms with Gasteiger partial charge in [-0.2, -0.15) is 0 Å². The van der Waals surface area contributed by atoms with E-state index in [9.17, 15) is 14.4 Å². The van der Waals surface area contributed by atoms with Gasteiger partial charge < -0.3 is 25.7 Å². The Morgan fingerprint density at radius 3 is 2.21 bits per heavy atom. The summed E-state index contributed by atoms with van der Waals surface area (Å²) >= 11 is 0. The van der Waals surface area contributed by atoms with Gasteiger partial charge in [0, 0.05) is 26.1 Å². The Labute approximate surface area is 111 Å². The molecule has 0 aromatic carbocycles. The minimum Gasteiger partial charge on any atom is -0.480 e. The van der Waals surface area contributed by atoms with E-state index >= 15 is 0 Å². The molecule has 8 heteroatoms. The van der Waals surface area contributed by atoms with E-state index in [0.29, 0.717) is 13.1 Å². The van der Waals surface area contributed by atoms with Crippen molar-refractivity contribution in [2.24, 2.45) is 0 Å². The zero-order chi connectivity index (χ0) is 14.8. The maximum atomic E-state index is 11.6. The number of amides is 3. The van der Waals surface area contributed by atoms with Gasteiger partial charge in [-0.1, -0.05) is 0 Å². The molecule has 0 bridgehead atoms. The number of carbonyl (C=O) groups is 3. The number of hydrogen-bond acceptors (Lipinski definition) is 4. The van der Waals surface area contributed by atoms with Crippen LogP contribution in [0.1, 0.15) is 20.3 Å². The minimum atomic E-state index is -1.24. The van der Waals surface area contributed by atoms with Gasteiger partial charge in [0.2, 0.25) is 5.91 Å². The van der Waals surface area contributed by atoms with Crippen molar-refractivity contribution in [1.82, 2.24) is 15.5 Å². The predicted octanol–water partition coefficient (Wildman–Crippen LogP) is -1.01. The molecule has 0 saturated heterocycles. The Hall–Kier alpha value is -1.83. The topological polar surface area (TPSA) is 119 Å². The van der Waals surface area contributed by atoms with Crippen LogP contribution in [0.15, 0.2) is 0 Å². The molecule has 4 N–H and O–H groups in total. The fraction of sp³-hybridized carbons (Fsp3) is 0.727. The number of aliphatic hydroxyl groups excluding tert-OH is 1. The molecule has 0 spiro atoms. The quantitative estimate of drug-likeness (QED) is 0.452. The number of likely N-dealkylation sites (N-methyl/N-ethyl adjacent to an activating group) is 1. The van der Waals surface area contributed by atoms with Crippen molar-refractivity contribution in [1.29, 1.82) is 0 Å². The van der Waals surface area contributed by atoms with Crippen LogP contribution < -0.4 is 10.6 Å². The van der Waals surface area contributed by atoms with Crippen LogP contribution in [0.4, 0.5) is 4.79 Å². The van der Waals surface area contributed by atoms with Crippen molar-refractivity contribution in [3.05, 3.63) is 0 Å². The zero-order valence-electron chi connectivity index (χ0n) is 11.2. The predicted molar refractivity (Wildman–Crippen MR) is 67.6 cm³/mol. The number of carboxylic acids is 1. The SMILES string of the molecule is CCN(CC)C(=O)CNC(=O)NC(CCO)C(=O)O. The maximum Gasteiger partial charge on any atom is 0.326 e. The molecule has 0 aromatic rings. The second kappa shape index (κ2) is 9.15. The molecule has 0 saturated carbocycles. The molecule has 110 valence electrons. The van der Waals surface area contributed by atoms with E-state index < -0.39 is 18.0 Å². The molecule has 0 fully saturated rings. The smallest absolute Gasteiger partial charge is 0.326 e. The highest BCUT2D eigenvalue weighted by Gasteiger charge is 2.19. The fourth-order valence-electron chi connectivity index (χ4n) is 1.44. The van der Waals surface area contributed by atoms with E-state index in [4.69, 9.17) is 10.2 Å². The summed E-state index contributed by atoms with van der Waals surface area (Å²) in [7, 11) is 0. The lowest BCUT2D eigenvalue weighted by atomic mass is 10.2. The highest BCUT2D eigenvalue weighted by molar-refractivity contribution is 5.86. The van der Waals surface area contributed by atoms with E-state index in [2.05, 4.69) is 10.6 Å². The van der Waals surface area contributed by atoms with Crippen LogP contribution in [0.3, 0.4) is 0 Å². The summed E-state index contributed by atoms with van der Waals surface area (Å²) in [5.74, 6) is -1.48. The van der Waals surface area contributed by atoms with E-state index in [1.807, 2.05) is 13.8 Å². The largest absolute Gasteiger partial charge is 0.480 e. The third-order valence-electron chi connectivity index (χ3n) is 2.54. The first-order valence-electron chi connectivity index (χ1n) is 6.12. The third kappa shape index (κ3) is 6.61. The summed E-state index contributed by atoms with van der Waals surface area (Å²) in [5.41, 5.74) is 0. The summed E-state index contributed by atoms with van der Waals surface area (Å²) < 4.78 is 0. The Morgan fingerprint density at radius 1 is 1.21 bits per heavy atom. The van der Waals surface area contributed by atoms with Crippen molar-refractivity contribution in [2.45, 2.75) is 26.3 Å². The summed E-state index contributed by atoms with van der Waals surface area (Å²) in [6.07, 6.45) is -0.0905. The number of aliphatic hydroxyl groups is 1. The van der Waals surface area contributed by atoms with Crippen LogP contribution in [0, 0.1) is 0 Å². The molecular formula is C11H21N3O5. The second-order valence-electron chi connectivity index (χ2n) is 3.80. The van der Waals surface area contributed by atoms with E-state index in [1.165, 1.54) is 0 Å². The summed E-state index contributed by atoms with van der Waals surface area (Å²) in [6.45, 7) is 4.18. The Bertz CT molecular complexity index is 317. The number of urea groups is 1. The van der Waals surface area contributed by atoms with Gasteiger partial charge in [0.1, 0.15) is 6.04 Å². The lowest BCUT2D eigenvalue weighted by molar-refractivity contribution is -0.139. The third-order valence-corrected chi connectivity index (χ3v) is 2.54. The number of nitrogens with zero attached hydrogens (tertiary/aromatic N) is 1. The molecule has 0 aliphatic heterocycles. The molecule has 0 aliphatic rings. The molecule has 0 heterocycles. The van der Waals surface area contributed by atoms with Crippen molar-refractivity contribution >= 4 is 17.9 Å². The number of rotatable bonds is 8. The van der Waals surface area contributed by atoms with Crippen molar-refractivity contribution in [2.75, 3.05) is 26.2 Å². The van der Waals surface area contributed by atoms with Crippen molar-refractivity contribution < 1.29 is 24.6 Å². The Kier molecular flexibility index (Phi) is 8.27. The molecule has 8 nitrogen and oxygen atoms in total. The summed E-state index contributed by atoms with van der Waals surface area (Å²) in [5, 5.41) is 21.9. The monoisotopic (exact) mass is 275 g/mol. The van der Waals surface area contributed by atoms with Crippen LogP contribution in [-0.2, 0) is 9.59 Å². The Morgan fingerprint density at radius 2 is 1.79 bits per heavy atom. The highest BCUT2D eigenvalue weighted by atomic mass is 16.4. The van der Waals surface area contributed by atoms with Crippen molar-refractivity contribution in [3.63, 3.8) is 0 Å². The van der Waals surface area contributed by atoms with Crippen LogP contribution in [0.2, 0.25) is 0 Å². The minimum absolute atomic E-state index is 0.0905. The molecule has 0 rings (SSSR count). The standard InChI is InChI=1S/C11H21N3O5/c1-3-14(4-2)9(16)7-12-11(19)13-8(5-6-15)10(17)18/h8,15H,3-7H2,1-2H3,(H,17,18)(H2,12,13,19). The average molecular weight is 275 g/mol. The first-order chi connectivity index (χ1) is 8.96. The molecule has 3 amide bonds. The average Bonchev–Trinajstić information content (AvgIpc) is 2.37. The zero-order valence-corrected chi connectivity index (χ0v) is 11.2. The second-order valence-corrected chi connectivity index (χ2v) is 3.80. The summed E-state index contributed by atoms with van der Waals surface area (Å²) in [4.78, 5) is 35.3. The molecule has 1 atom stereocenters. The molecule has 1 unspecified atom stereocenters. The maximum absolute atomic E-state index is 11.6. The fourth-order valence-corrected chi connectivity index (χ4v) is 1.44. The van der Waals surface area contributed by atoms with Gasteiger partial charge in [0.05, 0.1) is 6.54 Å². The van der Waals surface area contributed by atoms with Gasteiger partial charge in [-0.3, -0.25) is 4.79 Å². The van der Waals surface area contributed by atoms with Crippen LogP contribution in [-0.4, -0.2) is 65.3 Å². The molecule has 0 aromatic heterocycles. The number of nitrogens with one attached hydrogen (secondary N) is 2. The number of hydrogen-bond donors (Lipinski definition) is 4. The summed E-state index contributed by atoms with van der Waals surface area (Å²) in [6, 6.07) is -1.92. The van der Waals surface area contributed by atoms with E-state index in [0.717, 1.165) is 0 Å². The molecular weight excluding hydrogens is 254 g/mol. The Balaban J connectivity index is 4.17. The molecule has 0 aliphatic carbocycles. The van der Waals surface area contributed by atoms with E-state index in [1.54, 1.807) is 4.90 Å². The first-order valence-corrected chi connectivity index (χ1v) is 6.12. The first kappa shape index (κ1) is 17.2. The number of carbonyl (C=O) groups excluding carboxylic acids is 2. The lowest BCUT2D eigenvalue weighted by Gasteiger charge is -2.19. The number of aliphatic carboxylic acids is 1. The van der Waals surface area contributed by atoms with Crippen molar-refractivity contribution in [3.8, 4) is 0 Å². The van der Waals surface area contributed by atoms with E-state index in [-0.39, 0.29) is 25.5 Å². The van der Waals surface area contributed by atoms with Crippen LogP contribution in [0.5, 0.6) is 0 Å². The molecule has 0 radical (unpaired) electrons. The van der Waals surface area contributed by atoms with Gasteiger partial charge in [-0.05, 0) is 13.8 Å². The molecule has 19 heavy (non-hydrogen) atoms. The lowest BCUT2D eigenvalue weighted by Crippen LogP contribution is -2.49. The van der Waals surface area contributed by atoms with Gasteiger partial charge in [-0.15, -0.1) is 0 Å². The number of carboxylic acid groups (broad SMARTS) is 1. The van der Waals surface area contributed by atoms with Gasteiger partial charge >= 0.3 is 12.0 Å². The highest BCUT2D eigenvalue weighted by Crippen LogP contribution is 1.91. The van der Waals surface area contributed by atoms with Gasteiger partial charge in [0.25, 0.3) is 0 Å². The van der Waals surface area contributed by atoms with Gasteiger partial charge in [-0.25, -0.2) is 9.59 Å². The van der Waals surface area contributed by atoms with Gasteiger partial charge in [0.15, 0.2) is 0 Å².